The number of anilines is 2. The van der Waals surface area contributed by atoms with Gasteiger partial charge in [-0.15, -0.1) is 0 Å². The highest BCUT2D eigenvalue weighted by Gasteiger charge is 2.22. The number of hydrogen-bond donors (Lipinski definition) is 1. The van der Waals surface area contributed by atoms with Gasteiger partial charge >= 0.3 is 0 Å². The number of aromatic nitrogens is 2. The summed E-state index contributed by atoms with van der Waals surface area (Å²) in [6, 6.07) is 2.42. The second-order valence-corrected chi connectivity index (χ2v) is 5.67. The van der Waals surface area contributed by atoms with Crippen LogP contribution in [0.5, 0.6) is 0 Å². The first-order valence-electron chi connectivity index (χ1n) is 7.33. The van der Waals surface area contributed by atoms with E-state index in [0.29, 0.717) is 0 Å². The molecule has 2 aliphatic rings. The summed E-state index contributed by atoms with van der Waals surface area (Å²) in [7, 11) is 0. The summed E-state index contributed by atoms with van der Waals surface area (Å²) in [5.74, 6) is 2.99. The molecule has 1 aromatic heterocycles. The minimum Gasteiger partial charge on any atom is -0.356 e. The summed E-state index contributed by atoms with van der Waals surface area (Å²) in [4.78, 5) is 13.9. The Bertz CT molecular complexity index is 418. The van der Waals surface area contributed by atoms with Crippen molar-refractivity contribution in [2.75, 3.05) is 36.0 Å². The van der Waals surface area contributed by atoms with E-state index in [0.717, 1.165) is 50.1 Å². The smallest absolute Gasteiger partial charge is 0.134 e. The first-order chi connectivity index (χ1) is 9.22. The van der Waals surface area contributed by atoms with Crippen molar-refractivity contribution in [1.82, 2.24) is 9.97 Å². The summed E-state index contributed by atoms with van der Waals surface area (Å²) < 4.78 is 0. The lowest BCUT2D eigenvalue weighted by Crippen LogP contribution is -2.31. The van der Waals surface area contributed by atoms with Gasteiger partial charge in [0.2, 0.25) is 0 Å². The van der Waals surface area contributed by atoms with Crippen molar-refractivity contribution in [1.29, 1.82) is 0 Å². The molecule has 2 fully saturated rings. The van der Waals surface area contributed by atoms with Crippen molar-refractivity contribution >= 4 is 11.6 Å². The van der Waals surface area contributed by atoms with Crippen molar-refractivity contribution in [2.24, 2.45) is 5.73 Å². The number of hydrogen-bond acceptors (Lipinski definition) is 5. The van der Waals surface area contributed by atoms with Crippen LogP contribution in [0.2, 0.25) is 0 Å². The summed E-state index contributed by atoms with van der Waals surface area (Å²) in [5.41, 5.74) is 5.99. The Morgan fingerprint density at radius 1 is 1.05 bits per heavy atom. The van der Waals surface area contributed by atoms with Gasteiger partial charge in [-0.05, 0) is 32.6 Å². The lowest BCUT2D eigenvalue weighted by Gasteiger charge is -2.29. The predicted molar refractivity (Wildman–Crippen MR) is 77.6 cm³/mol. The molecule has 0 aliphatic carbocycles. The molecule has 1 unspecified atom stereocenters. The Morgan fingerprint density at radius 3 is 2.37 bits per heavy atom. The van der Waals surface area contributed by atoms with Gasteiger partial charge < -0.3 is 15.5 Å². The number of nitrogens with two attached hydrogens (primary N) is 1. The Hall–Kier alpha value is -1.36. The molecule has 5 nitrogen and oxygen atoms in total. The van der Waals surface area contributed by atoms with Gasteiger partial charge in [-0.2, -0.15) is 0 Å². The minimum atomic E-state index is 0.286. The van der Waals surface area contributed by atoms with E-state index < -0.39 is 0 Å². The van der Waals surface area contributed by atoms with Crippen molar-refractivity contribution < 1.29 is 0 Å². The highest BCUT2D eigenvalue weighted by atomic mass is 15.3. The van der Waals surface area contributed by atoms with Crippen LogP contribution in [0.4, 0.5) is 11.6 Å². The normalized spacial score (nSPS) is 24.0. The van der Waals surface area contributed by atoms with Crippen LogP contribution in [0.1, 0.15) is 31.5 Å². The van der Waals surface area contributed by atoms with Crippen molar-refractivity contribution in [3.8, 4) is 0 Å². The van der Waals surface area contributed by atoms with Gasteiger partial charge in [0.1, 0.15) is 17.5 Å². The van der Waals surface area contributed by atoms with Crippen LogP contribution >= 0.6 is 0 Å². The van der Waals surface area contributed by atoms with E-state index in [1.54, 1.807) is 0 Å². The third kappa shape index (κ3) is 2.81. The molecule has 3 rings (SSSR count). The molecule has 1 aromatic rings. The van der Waals surface area contributed by atoms with E-state index >= 15 is 0 Å². The average molecular weight is 261 g/mol. The molecular formula is C14H23N5. The monoisotopic (exact) mass is 261 g/mol. The van der Waals surface area contributed by atoms with Gasteiger partial charge in [-0.1, -0.05) is 0 Å². The van der Waals surface area contributed by atoms with E-state index in [-0.39, 0.29) is 6.04 Å². The molecule has 0 bridgehead atoms. The fourth-order valence-electron chi connectivity index (χ4n) is 2.98. The summed E-state index contributed by atoms with van der Waals surface area (Å²) in [6.07, 6.45) is 4.94. The maximum absolute atomic E-state index is 5.99. The fraction of sp³-hybridized carbons (Fsp3) is 0.714. The summed E-state index contributed by atoms with van der Waals surface area (Å²) >= 11 is 0. The van der Waals surface area contributed by atoms with Gasteiger partial charge in [-0.25, -0.2) is 9.97 Å². The van der Waals surface area contributed by atoms with Gasteiger partial charge in [-0.3, -0.25) is 0 Å². The van der Waals surface area contributed by atoms with E-state index in [9.17, 15) is 0 Å². The maximum atomic E-state index is 5.99. The van der Waals surface area contributed by atoms with Crippen LogP contribution in [-0.2, 0) is 0 Å². The van der Waals surface area contributed by atoms with E-state index in [1.807, 2.05) is 6.92 Å². The number of nitrogens with zero attached hydrogens (tertiary/aromatic N) is 4. The lowest BCUT2D eigenvalue weighted by molar-refractivity contribution is 0.572. The van der Waals surface area contributed by atoms with Crippen LogP contribution in [0, 0.1) is 6.92 Å². The molecule has 0 spiro atoms. The Balaban J connectivity index is 1.83. The Labute approximate surface area is 114 Å². The second kappa shape index (κ2) is 5.33. The molecule has 2 aliphatic heterocycles. The molecule has 3 heterocycles. The van der Waals surface area contributed by atoms with Gasteiger partial charge in [0.25, 0.3) is 0 Å². The van der Waals surface area contributed by atoms with Gasteiger partial charge in [0, 0.05) is 38.3 Å². The quantitative estimate of drug-likeness (QED) is 0.870. The molecule has 0 aromatic carbocycles. The molecule has 0 radical (unpaired) electrons. The first kappa shape index (κ1) is 12.7. The van der Waals surface area contributed by atoms with Gasteiger partial charge in [0.15, 0.2) is 0 Å². The zero-order valence-corrected chi connectivity index (χ0v) is 11.7. The van der Waals surface area contributed by atoms with Gasteiger partial charge in [0.05, 0.1) is 0 Å². The topological polar surface area (TPSA) is 58.3 Å². The molecule has 0 amide bonds. The second-order valence-electron chi connectivity index (χ2n) is 5.67. The number of piperidine rings is 1. The highest BCUT2D eigenvalue weighted by Crippen LogP contribution is 2.24. The van der Waals surface area contributed by atoms with Crippen LogP contribution in [0.3, 0.4) is 0 Å². The molecule has 2 N–H and O–H groups in total. The molecule has 19 heavy (non-hydrogen) atoms. The van der Waals surface area contributed by atoms with Crippen LogP contribution in [0.15, 0.2) is 6.07 Å². The molecule has 104 valence electrons. The Kier molecular flexibility index (Phi) is 3.55. The largest absolute Gasteiger partial charge is 0.356 e. The molecule has 5 heteroatoms. The average Bonchev–Trinajstić information content (AvgIpc) is 2.86. The molecule has 2 saturated heterocycles. The number of aryl methyl sites for hydroxylation is 1. The maximum Gasteiger partial charge on any atom is 0.134 e. The lowest BCUT2D eigenvalue weighted by atomic mass is 10.1. The van der Waals surface area contributed by atoms with Crippen LogP contribution in [-0.4, -0.2) is 42.2 Å². The van der Waals surface area contributed by atoms with Crippen LogP contribution in [0.25, 0.3) is 0 Å². The predicted octanol–water partition coefficient (Wildman–Crippen LogP) is 1.31. The number of rotatable bonds is 2. The summed E-state index contributed by atoms with van der Waals surface area (Å²) in [6.45, 7) is 6.14. The third-order valence-corrected chi connectivity index (χ3v) is 4.04. The summed E-state index contributed by atoms with van der Waals surface area (Å²) in [5, 5.41) is 0. The zero-order chi connectivity index (χ0) is 13.2. The standard InChI is InChI=1S/C14H23N5/c1-11-16-13(18-6-3-2-4-7-18)9-14(17-11)19-8-5-12(15)10-19/h9,12H,2-8,10,15H2,1H3. The van der Waals surface area contributed by atoms with Crippen LogP contribution < -0.4 is 15.5 Å². The minimum absolute atomic E-state index is 0.286. The van der Waals surface area contributed by atoms with E-state index in [4.69, 9.17) is 5.73 Å². The zero-order valence-electron chi connectivity index (χ0n) is 11.7. The SMILES string of the molecule is Cc1nc(N2CCCCC2)cc(N2CCC(N)C2)n1. The molecule has 1 atom stereocenters. The van der Waals surface area contributed by atoms with Crippen molar-refractivity contribution in [3.05, 3.63) is 11.9 Å². The fourth-order valence-corrected chi connectivity index (χ4v) is 2.98. The molecule has 0 saturated carbocycles. The van der Waals surface area contributed by atoms with Crippen molar-refractivity contribution in [2.45, 2.75) is 38.6 Å². The first-order valence-corrected chi connectivity index (χ1v) is 7.33. The van der Waals surface area contributed by atoms with E-state index in [2.05, 4.69) is 25.8 Å². The van der Waals surface area contributed by atoms with Crippen molar-refractivity contribution in [3.63, 3.8) is 0 Å². The highest BCUT2D eigenvalue weighted by molar-refractivity contribution is 5.52. The third-order valence-electron chi connectivity index (χ3n) is 4.04. The molecular weight excluding hydrogens is 238 g/mol. The van der Waals surface area contributed by atoms with E-state index in [1.165, 1.54) is 19.3 Å². The Morgan fingerprint density at radius 2 is 1.74 bits per heavy atom.